The summed E-state index contributed by atoms with van der Waals surface area (Å²) in [6.07, 6.45) is 0. The van der Waals surface area contributed by atoms with E-state index < -0.39 is 15.8 Å². The lowest BCUT2D eigenvalue weighted by molar-refractivity contribution is -0.130. The summed E-state index contributed by atoms with van der Waals surface area (Å²) < 4.78 is 44.5. The fourth-order valence-corrected chi connectivity index (χ4v) is 3.44. The van der Waals surface area contributed by atoms with Gasteiger partial charge in [-0.3, -0.25) is 4.79 Å². The van der Waals surface area contributed by atoms with E-state index in [4.69, 9.17) is 4.74 Å². The summed E-state index contributed by atoms with van der Waals surface area (Å²) >= 11 is 0. The van der Waals surface area contributed by atoms with Crippen LogP contribution in [0.3, 0.4) is 0 Å². The summed E-state index contributed by atoms with van der Waals surface area (Å²) in [6, 6.07) is 12.0. The van der Waals surface area contributed by atoms with E-state index >= 15 is 0 Å². The molecule has 0 aliphatic heterocycles. The molecule has 6 nitrogen and oxygen atoms in total. The molecule has 0 spiro atoms. The molecule has 0 saturated heterocycles. The monoisotopic (exact) mass is 394 g/mol. The van der Waals surface area contributed by atoms with Gasteiger partial charge in [-0.25, -0.2) is 12.8 Å². The van der Waals surface area contributed by atoms with Crippen LogP contribution in [-0.4, -0.2) is 57.3 Å². The topological polar surface area (TPSA) is 66.9 Å². The van der Waals surface area contributed by atoms with Gasteiger partial charge >= 0.3 is 0 Å². The van der Waals surface area contributed by atoms with Gasteiger partial charge in [0.1, 0.15) is 18.2 Å². The van der Waals surface area contributed by atoms with E-state index in [2.05, 4.69) is 0 Å². The van der Waals surface area contributed by atoms with Gasteiger partial charge in [0.05, 0.1) is 18.0 Å². The van der Waals surface area contributed by atoms with Crippen LogP contribution in [-0.2, 0) is 14.8 Å². The number of carbonyl (C=O) groups excluding carboxylic acids is 1. The molecule has 146 valence electrons. The Morgan fingerprint density at radius 2 is 1.70 bits per heavy atom. The molecule has 27 heavy (non-hydrogen) atoms. The molecule has 2 rings (SSSR count). The molecule has 0 N–H and O–H groups in total. The van der Waals surface area contributed by atoms with Crippen molar-refractivity contribution in [3.8, 4) is 5.75 Å². The van der Waals surface area contributed by atoms with Gasteiger partial charge in [-0.1, -0.05) is 18.2 Å². The first-order valence-corrected chi connectivity index (χ1v) is 9.80. The van der Waals surface area contributed by atoms with Gasteiger partial charge in [0.2, 0.25) is 15.9 Å². The van der Waals surface area contributed by atoms with Crippen molar-refractivity contribution in [3.63, 3.8) is 0 Å². The first-order valence-electron chi connectivity index (χ1n) is 8.36. The summed E-state index contributed by atoms with van der Waals surface area (Å²) in [5.74, 6) is -0.146. The molecule has 0 saturated carbocycles. The standard InChI is InChI=1S/C19H23FN2O4S/c1-15-6-4-5-7-18(15)26-13-12-21(2)19(23)14-22(3)27(24,25)17-10-8-16(20)9-11-17/h4-11H,12-14H2,1-3H3. The van der Waals surface area contributed by atoms with Crippen molar-refractivity contribution in [1.29, 1.82) is 0 Å². The smallest absolute Gasteiger partial charge is 0.243 e. The highest BCUT2D eigenvalue weighted by atomic mass is 32.2. The van der Waals surface area contributed by atoms with Crippen LogP contribution in [0.5, 0.6) is 5.75 Å². The van der Waals surface area contributed by atoms with Crippen LogP contribution in [0.4, 0.5) is 4.39 Å². The second-order valence-electron chi connectivity index (χ2n) is 6.14. The largest absolute Gasteiger partial charge is 0.491 e. The fourth-order valence-electron chi connectivity index (χ4n) is 2.32. The average molecular weight is 394 g/mol. The van der Waals surface area contributed by atoms with Crippen molar-refractivity contribution in [2.24, 2.45) is 0 Å². The van der Waals surface area contributed by atoms with Crippen molar-refractivity contribution in [2.45, 2.75) is 11.8 Å². The molecular weight excluding hydrogens is 371 g/mol. The number of sulfonamides is 1. The molecule has 0 aromatic heterocycles. The minimum atomic E-state index is -3.87. The van der Waals surface area contributed by atoms with E-state index in [-0.39, 0.29) is 17.3 Å². The number of carbonyl (C=O) groups is 1. The summed E-state index contributed by atoms with van der Waals surface area (Å²) in [7, 11) is -0.967. The molecule has 0 aliphatic rings. The number of hydrogen-bond donors (Lipinski definition) is 0. The van der Waals surface area contributed by atoms with Gasteiger partial charge in [-0.2, -0.15) is 4.31 Å². The predicted octanol–water partition coefficient (Wildman–Crippen LogP) is 2.29. The lowest BCUT2D eigenvalue weighted by Gasteiger charge is -2.22. The van der Waals surface area contributed by atoms with Crippen LogP contribution in [0.2, 0.25) is 0 Å². The fraction of sp³-hybridized carbons (Fsp3) is 0.316. The third kappa shape index (κ3) is 5.51. The highest BCUT2D eigenvalue weighted by molar-refractivity contribution is 7.89. The summed E-state index contributed by atoms with van der Waals surface area (Å²) in [6.45, 7) is 2.22. The average Bonchev–Trinajstić information content (AvgIpc) is 2.63. The van der Waals surface area contributed by atoms with Crippen molar-refractivity contribution in [1.82, 2.24) is 9.21 Å². The lowest BCUT2D eigenvalue weighted by Crippen LogP contribution is -2.40. The molecule has 1 amide bonds. The van der Waals surface area contributed by atoms with Gasteiger partial charge in [0, 0.05) is 14.1 Å². The van der Waals surface area contributed by atoms with Crippen molar-refractivity contribution in [3.05, 3.63) is 59.9 Å². The van der Waals surface area contributed by atoms with Gasteiger partial charge < -0.3 is 9.64 Å². The van der Waals surface area contributed by atoms with E-state index in [1.54, 1.807) is 7.05 Å². The lowest BCUT2D eigenvalue weighted by atomic mass is 10.2. The van der Waals surface area contributed by atoms with E-state index in [1.807, 2.05) is 31.2 Å². The maximum absolute atomic E-state index is 13.0. The number of rotatable bonds is 8. The minimum Gasteiger partial charge on any atom is -0.491 e. The third-order valence-electron chi connectivity index (χ3n) is 4.08. The number of nitrogens with zero attached hydrogens (tertiary/aromatic N) is 2. The Balaban J connectivity index is 1.89. The van der Waals surface area contributed by atoms with Crippen LogP contribution >= 0.6 is 0 Å². The number of likely N-dealkylation sites (N-methyl/N-ethyl adjacent to an activating group) is 2. The number of benzene rings is 2. The number of amides is 1. The third-order valence-corrected chi connectivity index (χ3v) is 5.90. The number of aryl methyl sites for hydroxylation is 1. The molecule has 0 fully saturated rings. The van der Waals surface area contributed by atoms with Crippen molar-refractivity contribution < 1.29 is 22.3 Å². The van der Waals surface area contributed by atoms with Crippen LogP contribution in [0.1, 0.15) is 5.56 Å². The highest BCUT2D eigenvalue weighted by Crippen LogP contribution is 2.16. The van der Waals surface area contributed by atoms with E-state index in [1.165, 1.54) is 24.1 Å². The Morgan fingerprint density at radius 1 is 1.07 bits per heavy atom. The molecule has 0 aliphatic carbocycles. The van der Waals surface area contributed by atoms with Gasteiger partial charge in [-0.15, -0.1) is 0 Å². The molecule has 8 heteroatoms. The number of ether oxygens (including phenoxy) is 1. The Labute approximate surface area is 159 Å². The zero-order valence-electron chi connectivity index (χ0n) is 15.6. The molecule has 0 atom stereocenters. The summed E-state index contributed by atoms with van der Waals surface area (Å²) in [4.78, 5) is 13.6. The molecule has 0 bridgehead atoms. The predicted molar refractivity (Wildman–Crippen MR) is 101 cm³/mol. The van der Waals surface area contributed by atoms with Crippen LogP contribution in [0.15, 0.2) is 53.4 Å². The highest BCUT2D eigenvalue weighted by Gasteiger charge is 2.24. The Hall–Kier alpha value is -2.45. The van der Waals surface area contributed by atoms with Crippen molar-refractivity contribution >= 4 is 15.9 Å². The Morgan fingerprint density at radius 3 is 2.33 bits per heavy atom. The van der Waals surface area contributed by atoms with E-state index in [0.717, 1.165) is 27.8 Å². The van der Waals surface area contributed by atoms with Crippen molar-refractivity contribution in [2.75, 3.05) is 33.8 Å². The van der Waals surface area contributed by atoms with E-state index in [0.29, 0.717) is 13.2 Å². The van der Waals surface area contributed by atoms with E-state index in [9.17, 15) is 17.6 Å². The Kier molecular flexibility index (Phi) is 6.92. The maximum Gasteiger partial charge on any atom is 0.243 e. The zero-order chi connectivity index (χ0) is 20.0. The summed E-state index contributed by atoms with van der Waals surface area (Å²) in [5, 5.41) is 0. The van der Waals surface area contributed by atoms with Crippen LogP contribution in [0.25, 0.3) is 0 Å². The first-order chi connectivity index (χ1) is 12.7. The number of para-hydroxylation sites is 1. The van der Waals surface area contributed by atoms with Crippen LogP contribution in [0, 0.1) is 12.7 Å². The molecule has 2 aromatic carbocycles. The maximum atomic E-state index is 13.0. The summed E-state index contributed by atoms with van der Waals surface area (Å²) in [5.41, 5.74) is 0.997. The molecule has 2 aromatic rings. The minimum absolute atomic E-state index is 0.0651. The number of halogens is 1. The second-order valence-corrected chi connectivity index (χ2v) is 8.19. The molecule has 0 radical (unpaired) electrons. The van der Waals surface area contributed by atoms with Gasteiger partial charge in [-0.05, 0) is 42.8 Å². The Bertz CT molecular complexity index is 885. The normalized spacial score (nSPS) is 11.4. The zero-order valence-corrected chi connectivity index (χ0v) is 16.4. The number of hydrogen-bond acceptors (Lipinski definition) is 4. The molecule has 0 heterocycles. The first kappa shape index (κ1) is 20.9. The quantitative estimate of drug-likeness (QED) is 0.689. The molecule has 0 unspecified atom stereocenters. The van der Waals surface area contributed by atoms with Crippen LogP contribution < -0.4 is 4.74 Å². The second kappa shape index (κ2) is 8.96. The SMILES string of the molecule is Cc1ccccc1OCCN(C)C(=O)CN(C)S(=O)(=O)c1ccc(F)cc1. The van der Waals surface area contributed by atoms with Gasteiger partial charge in [0.25, 0.3) is 0 Å². The van der Waals surface area contributed by atoms with Gasteiger partial charge in [0.15, 0.2) is 0 Å². The molecular formula is C19H23FN2O4S.